The van der Waals surface area contributed by atoms with E-state index in [1.165, 1.54) is 23.5 Å². The number of carboxylic acid groups (broad SMARTS) is 1. The third-order valence-corrected chi connectivity index (χ3v) is 4.55. The maximum atomic E-state index is 10.6. The van der Waals surface area contributed by atoms with Gasteiger partial charge in [-0.25, -0.2) is 0 Å². The van der Waals surface area contributed by atoms with Crippen molar-refractivity contribution in [1.82, 2.24) is 0 Å². The van der Waals surface area contributed by atoms with Gasteiger partial charge in [0.05, 0.1) is 10.5 Å². The smallest absolute Gasteiger partial charge is 0.304 e. The Balaban J connectivity index is 3.73. The molecule has 0 heterocycles. The van der Waals surface area contributed by atoms with Crippen LogP contribution in [-0.4, -0.2) is 32.6 Å². The molecule has 1 amide bonds. The van der Waals surface area contributed by atoms with Crippen molar-refractivity contribution in [2.75, 3.05) is 11.5 Å². The molecule has 1 N–H and O–H groups in total. The van der Waals surface area contributed by atoms with Crippen molar-refractivity contribution in [1.29, 1.82) is 0 Å². The lowest BCUT2D eigenvalue weighted by molar-refractivity contribution is -0.136. The van der Waals surface area contributed by atoms with E-state index in [2.05, 4.69) is 5.18 Å². The predicted molar refractivity (Wildman–Crippen MR) is 66.7 cm³/mol. The van der Waals surface area contributed by atoms with Crippen molar-refractivity contribution in [2.45, 2.75) is 30.8 Å². The van der Waals surface area contributed by atoms with Gasteiger partial charge in [-0.15, -0.1) is 28.4 Å². The van der Waals surface area contributed by atoms with Gasteiger partial charge < -0.3 is 5.11 Å². The Hall–Kier alpha value is -0.560. The monoisotopic (exact) mass is 265 g/mol. The molecular weight excluding hydrogens is 250 g/mol. The molecule has 16 heavy (non-hydrogen) atoms. The number of rotatable bonds is 8. The zero-order valence-corrected chi connectivity index (χ0v) is 10.9. The summed E-state index contributed by atoms with van der Waals surface area (Å²) in [5.41, 5.74) is 0. The quantitative estimate of drug-likeness (QED) is 0.535. The Morgan fingerprint density at radius 2 is 1.69 bits per heavy atom. The molecular formula is C9H15NO4S2. The maximum absolute atomic E-state index is 10.6. The minimum absolute atomic E-state index is 0.128. The molecule has 0 aromatic carbocycles. The third-order valence-electron chi connectivity index (χ3n) is 1.63. The first-order valence-electron chi connectivity index (χ1n) is 4.73. The second kappa shape index (κ2) is 7.67. The molecule has 0 aromatic heterocycles. The van der Waals surface area contributed by atoms with Crippen LogP contribution in [0.15, 0.2) is 5.18 Å². The minimum Gasteiger partial charge on any atom is -0.481 e. The predicted octanol–water partition coefficient (Wildman–Crippen LogP) is 2.35. The number of carbonyl (C=O) groups excluding carboxylic acids is 1. The van der Waals surface area contributed by atoms with Gasteiger partial charge in [0.2, 0.25) is 0 Å². The van der Waals surface area contributed by atoms with Crippen molar-refractivity contribution in [3.05, 3.63) is 4.91 Å². The van der Waals surface area contributed by atoms with Gasteiger partial charge in [-0.3, -0.25) is 9.59 Å². The lowest BCUT2D eigenvalue weighted by atomic mass is 10.5. The number of nitrogens with zero attached hydrogens (tertiary/aromatic N) is 1. The Labute approximate surface area is 103 Å². The van der Waals surface area contributed by atoms with Crippen LogP contribution in [0, 0.1) is 4.91 Å². The fraction of sp³-hybridized carbons (Fsp3) is 0.778. The summed E-state index contributed by atoms with van der Waals surface area (Å²) >= 11 is 3.05. The molecule has 0 aliphatic carbocycles. The molecule has 0 fully saturated rings. The summed E-state index contributed by atoms with van der Waals surface area (Å²) in [6.45, 7) is 3.92. The van der Waals surface area contributed by atoms with E-state index in [0.717, 1.165) is 0 Å². The molecule has 0 saturated carbocycles. The third kappa shape index (κ3) is 8.72. The van der Waals surface area contributed by atoms with Crippen molar-refractivity contribution in [3.8, 4) is 0 Å². The number of amides is 1. The highest BCUT2D eigenvalue weighted by Crippen LogP contribution is 2.36. The first-order valence-corrected chi connectivity index (χ1v) is 6.70. The molecule has 0 saturated heterocycles. The van der Waals surface area contributed by atoms with Crippen LogP contribution in [0.25, 0.3) is 0 Å². The van der Waals surface area contributed by atoms with E-state index in [1.807, 2.05) is 13.8 Å². The fourth-order valence-electron chi connectivity index (χ4n) is 0.856. The summed E-state index contributed by atoms with van der Waals surface area (Å²) in [6.07, 6.45) is 0.264. The van der Waals surface area contributed by atoms with E-state index >= 15 is 0 Å². The van der Waals surface area contributed by atoms with Gasteiger partial charge in [-0.2, -0.15) is 0 Å². The lowest BCUT2D eigenvalue weighted by Crippen LogP contribution is -2.12. The topological polar surface area (TPSA) is 83.8 Å². The van der Waals surface area contributed by atoms with Gasteiger partial charge >= 0.3 is 5.97 Å². The highest BCUT2D eigenvalue weighted by molar-refractivity contribution is 8.18. The van der Waals surface area contributed by atoms with Gasteiger partial charge in [-0.1, -0.05) is 0 Å². The number of hydrogen-bond donors (Lipinski definition) is 1. The molecule has 0 rings (SSSR count). The maximum Gasteiger partial charge on any atom is 0.304 e. The van der Waals surface area contributed by atoms with Crippen LogP contribution >= 0.6 is 23.5 Å². The lowest BCUT2D eigenvalue weighted by Gasteiger charge is -2.22. The number of hydrogen-bond acceptors (Lipinski definition) is 5. The van der Waals surface area contributed by atoms with Gasteiger partial charge in [0.1, 0.15) is 0 Å². The number of carboxylic acids is 1. The Morgan fingerprint density at radius 1 is 1.19 bits per heavy atom. The highest BCUT2D eigenvalue weighted by atomic mass is 32.2. The fourth-order valence-corrected chi connectivity index (χ4v) is 3.23. The Bertz CT molecular complexity index is 268. The standard InChI is InChI=1S/C9H15NO4S2/c1-9(2,16-6-4-8(12)13)15-5-3-7(11)10-14/h3-6H2,1-2H3,(H,12,13). The molecule has 0 aliphatic rings. The average molecular weight is 265 g/mol. The number of thioether (sulfide) groups is 2. The summed E-state index contributed by atoms with van der Waals surface area (Å²) in [5.74, 6) is -0.389. The largest absolute Gasteiger partial charge is 0.481 e. The molecule has 0 spiro atoms. The summed E-state index contributed by atoms with van der Waals surface area (Å²) in [4.78, 5) is 30.8. The van der Waals surface area contributed by atoms with Crippen molar-refractivity contribution < 1.29 is 14.7 Å². The molecule has 0 unspecified atom stereocenters. The van der Waals surface area contributed by atoms with Crippen LogP contribution in [0.5, 0.6) is 0 Å². The van der Waals surface area contributed by atoms with E-state index in [9.17, 15) is 14.5 Å². The first-order chi connectivity index (χ1) is 7.37. The molecule has 0 atom stereocenters. The zero-order valence-electron chi connectivity index (χ0n) is 9.26. The summed E-state index contributed by atoms with van der Waals surface area (Å²) in [6, 6.07) is 0. The Kier molecular flexibility index (Phi) is 7.40. The summed E-state index contributed by atoms with van der Waals surface area (Å²) in [5, 5.41) is 10.8. The molecule has 5 nitrogen and oxygen atoms in total. The second-order valence-electron chi connectivity index (χ2n) is 3.48. The van der Waals surface area contributed by atoms with Crippen LogP contribution in [-0.2, 0) is 9.59 Å². The van der Waals surface area contributed by atoms with Crippen LogP contribution in [0.4, 0.5) is 0 Å². The van der Waals surface area contributed by atoms with Crippen molar-refractivity contribution in [2.24, 2.45) is 5.18 Å². The van der Waals surface area contributed by atoms with Crippen molar-refractivity contribution >= 4 is 35.4 Å². The zero-order chi connectivity index (χ0) is 12.6. The Morgan fingerprint density at radius 3 is 2.12 bits per heavy atom. The number of nitroso groups, excluding NO2 is 1. The first kappa shape index (κ1) is 15.4. The SMILES string of the molecule is CC(C)(SCCC(=O)O)SCCC(=O)N=O. The number of carbonyl (C=O) groups is 2. The van der Waals surface area contributed by atoms with E-state index in [0.29, 0.717) is 11.5 Å². The molecule has 7 heteroatoms. The van der Waals surface area contributed by atoms with Crippen LogP contribution in [0.1, 0.15) is 26.7 Å². The van der Waals surface area contributed by atoms with E-state index in [-0.39, 0.29) is 16.9 Å². The van der Waals surface area contributed by atoms with Gasteiger partial charge in [0.25, 0.3) is 5.91 Å². The van der Waals surface area contributed by atoms with Crippen molar-refractivity contribution in [3.63, 3.8) is 0 Å². The van der Waals surface area contributed by atoms with Gasteiger partial charge in [-0.05, 0) is 13.8 Å². The van der Waals surface area contributed by atoms with Crippen LogP contribution in [0.2, 0.25) is 0 Å². The van der Waals surface area contributed by atoms with Gasteiger partial charge in [0, 0.05) is 23.1 Å². The van der Waals surface area contributed by atoms with E-state index < -0.39 is 11.9 Å². The summed E-state index contributed by atoms with van der Waals surface area (Å²) in [7, 11) is 0. The minimum atomic E-state index is -0.811. The van der Waals surface area contributed by atoms with Crippen LogP contribution < -0.4 is 0 Å². The molecule has 0 bridgehead atoms. The normalized spacial score (nSPS) is 11.1. The average Bonchev–Trinajstić information content (AvgIpc) is 2.16. The van der Waals surface area contributed by atoms with E-state index in [1.54, 1.807) is 0 Å². The highest BCUT2D eigenvalue weighted by Gasteiger charge is 2.19. The van der Waals surface area contributed by atoms with Gasteiger partial charge in [0.15, 0.2) is 0 Å². The number of aliphatic carboxylic acids is 1. The molecule has 0 radical (unpaired) electrons. The molecule has 92 valence electrons. The molecule has 0 aromatic rings. The van der Waals surface area contributed by atoms with Crippen LogP contribution in [0.3, 0.4) is 0 Å². The second-order valence-corrected chi connectivity index (χ2v) is 7.17. The van der Waals surface area contributed by atoms with E-state index in [4.69, 9.17) is 5.11 Å². The summed E-state index contributed by atoms with van der Waals surface area (Å²) < 4.78 is -0.154. The molecule has 0 aliphatic heterocycles.